The summed E-state index contributed by atoms with van der Waals surface area (Å²) in [6, 6.07) is 7.67. The van der Waals surface area contributed by atoms with E-state index < -0.39 is 0 Å². The lowest BCUT2D eigenvalue weighted by molar-refractivity contribution is -0.120. The van der Waals surface area contributed by atoms with Crippen molar-refractivity contribution in [2.24, 2.45) is 11.8 Å². The van der Waals surface area contributed by atoms with Gasteiger partial charge in [0.05, 0.1) is 13.5 Å². The van der Waals surface area contributed by atoms with Gasteiger partial charge < -0.3 is 15.4 Å². The summed E-state index contributed by atoms with van der Waals surface area (Å²) in [5.74, 6) is 2.05. The third-order valence-corrected chi connectivity index (χ3v) is 4.07. The molecule has 0 saturated carbocycles. The normalized spacial score (nSPS) is 22.3. The van der Waals surface area contributed by atoms with E-state index in [9.17, 15) is 4.79 Å². The Kier molecular flexibility index (Phi) is 5.41. The molecule has 1 aromatic carbocycles. The Morgan fingerprint density at radius 3 is 3.00 bits per heavy atom. The number of carbonyl (C=O) groups excluding carboxylic acids is 1. The highest BCUT2D eigenvalue weighted by atomic mass is 16.5. The van der Waals surface area contributed by atoms with Crippen molar-refractivity contribution >= 4 is 5.91 Å². The lowest BCUT2D eigenvalue weighted by Crippen LogP contribution is -2.41. The van der Waals surface area contributed by atoms with Crippen LogP contribution in [0.15, 0.2) is 24.3 Å². The summed E-state index contributed by atoms with van der Waals surface area (Å²) in [7, 11) is 1.63. The topological polar surface area (TPSA) is 50.4 Å². The van der Waals surface area contributed by atoms with Gasteiger partial charge in [-0.2, -0.15) is 0 Å². The fourth-order valence-corrected chi connectivity index (χ4v) is 2.70. The van der Waals surface area contributed by atoms with Gasteiger partial charge in [-0.3, -0.25) is 4.79 Å². The molecule has 1 aliphatic heterocycles. The Hall–Kier alpha value is -1.55. The second-order valence-corrected chi connectivity index (χ2v) is 5.52. The first-order valence-electron chi connectivity index (χ1n) is 7.30. The molecule has 2 unspecified atom stereocenters. The van der Waals surface area contributed by atoms with Crippen LogP contribution in [0.3, 0.4) is 0 Å². The summed E-state index contributed by atoms with van der Waals surface area (Å²) in [4.78, 5) is 12.0. The molecule has 1 amide bonds. The van der Waals surface area contributed by atoms with Gasteiger partial charge in [-0.15, -0.1) is 0 Å². The van der Waals surface area contributed by atoms with Gasteiger partial charge in [0.15, 0.2) is 0 Å². The van der Waals surface area contributed by atoms with Crippen molar-refractivity contribution in [3.8, 4) is 5.75 Å². The van der Waals surface area contributed by atoms with E-state index in [4.69, 9.17) is 4.74 Å². The number of ether oxygens (including phenoxy) is 1. The number of hydrogen-bond acceptors (Lipinski definition) is 3. The predicted molar refractivity (Wildman–Crippen MR) is 79.8 cm³/mol. The molecule has 20 heavy (non-hydrogen) atoms. The fraction of sp³-hybridized carbons (Fsp3) is 0.562. The Labute approximate surface area is 120 Å². The zero-order valence-corrected chi connectivity index (χ0v) is 12.3. The first-order chi connectivity index (χ1) is 9.70. The summed E-state index contributed by atoms with van der Waals surface area (Å²) in [6.45, 7) is 5.12. The van der Waals surface area contributed by atoms with Crippen molar-refractivity contribution in [3.05, 3.63) is 29.8 Å². The van der Waals surface area contributed by atoms with Gasteiger partial charge in [-0.05, 0) is 37.4 Å². The van der Waals surface area contributed by atoms with E-state index in [1.165, 1.54) is 0 Å². The number of rotatable bonds is 5. The molecular weight excluding hydrogens is 252 g/mol. The molecule has 1 aromatic rings. The number of amides is 1. The third-order valence-electron chi connectivity index (χ3n) is 4.07. The lowest BCUT2D eigenvalue weighted by atomic mass is 9.88. The highest BCUT2D eigenvalue weighted by Crippen LogP contribution is 2.19. The smallest absolute Gasteiger partial charge is 0.224 e. The van der Waals surface area contributed by atoms with Crippen LogP contribution in [0.5, 0.6) is 5.75 Å². The van der Waals surface area contributed by atoms with Crippen molar-refractivity contribution in [2.75, 3.05) is 26.7 Å². The summed E-state index contributed by atoms with van der Waals surface area (Å²) in [6.07, 6.45) is 1.51. The van der Waals surface area contributed by atoms with Crippen molar-refractivity contribution in [3.63, 3.8) is 0 Å². The molecule has 0 aromatic heterocycles. The van der Waals surface area contributed by atoms with E-state index in [2.05, 4.69) is 17.6 Å². The standard InChI is InChI=1S/C16H24N2O2/c1-12-10-17-8-7-14(12)11-18-16(19)9-13-5-3-4-6-15(13)20-2/h3-6,12,14,17H,7-11H2,1-2H3,(H,18,19). The Morgan fingerprint density at radius 2 is 2.25 bits per heavy atom. The average Bonchev–Trinajstić information content (AvgIpc) is 2.47. The molecule has 0 aliphatic carbocycles. The second-order valence-electron chi connectivity index (χ2n) is 5.52. The SMILES string of the molecule is COc1ccccc1CC(=O)NCC1CCNCC1C. The number of benzene rings is 1. The second kappa shape index (κ2) is 7.29. The lowest BCUT2D eigenvalue weighted by Gasteiger charge is -2.29. The largest absolute Gasteiger partial charge is 0.496 e. The summed E-state index contributed by atoms with van der Waals surface area (Å²) < 4.78 is 5.27. The van der Waals surface area contributed by atoms with Crippen LogP contribution < -0.4 is 15.4 Å². The summed E-state index contributed by atoms with van der Waals surface area (Å²) in [5, 5.41) is 6.44. The van der Waals surface area contributed by atoms with E-state index in [-0.39, 0.29) is 5.91 Å². The average molecular weight is 276 g/mol. The van der Waals surface area contributed by atoms with E-state index in [1.807, 2.05) is 24.3 Å². The highest BCUT2D eigenvalue weighted by molar-refractivity contribution is 5.79. The molecule has 0 bridgehead atoms. The number of methoxy groups -OCH3 is 1. The van der Waals surface area contributed by atoms with Crippen LogP contribution in [0.4, 0.5) is 0 Å². The molecule has 1 aliphatic rings. The molecule has 1 heterocycles. The molecule has 0 radical (unpaired) electrons. The van der Waals surface area contributed by atoms with Gasteiger partial charge in [-0.1, -0.05) is 25.1 Å². The van der Waals surface area contributed by atoms with Gasteiger partial charge >= 0.3 is 0 Å². The third kappa shape index (κ3) is 3.97. The van der Waals surface area contributed by atoms with Crippen molar-refractivity contribution < 1.29 is 9.53 Å². The molecule has 1 saturated heterocycles. The molecule has 0 spiro atoms. The maximum absolute atomic E-state index is 12.0. The van der Waals surface area contributed by atoms with Gasteiger partial charge in [0.2, 0.25) is 5.91 Å². The van der Waals surface area contributed by atoms with Crippen molar-refractivity contribution in [1.29, 1.82) is 0 Å². The molecule has 1 fully saturated rings. The minimum atomic E-state index is 0.0697. The minimum absolute atomic E-state index is 0.0697. The Bertz CT molecular complexity index is 448. The molecular formula is C16H24N2O2. The van der Waals surface area contributed by atoms with E-state index >= 15 is 0 Å². The van der Waals surface area contributed by atoms with Crippen molar-refractivity contribution in [2.45, 2.75) is 19.8 Å². The molecule has 2 N–H and O–H groups in total. The van der Waals surface area contributed by atoms with Crippen LogP contribution in [-0.4, -0.2) is 32.7 Å². The number of nitrogens with one attached hydrogen (secondary N) is 2. The zero-order chi connectivity index (χ0) is 14.4. The Balaban J connectivity index is 1.83. The fourth-order valence-electron chi connectivity index (χ4n) is 2.70. The molecule has 110 valence electrons. The van der Waals surface area contributed by atoms with Gasteiger partial charge in [-0.25, -0.2) is 0 Å². The molecule has 2 rings (SSSR count). The minimum Gasteiger partial charge on any atom is -0.496 e. The van der Waals surface area contributed by atoms with E-state index in [0.29, 0.717) is 18.3 Å². The maximum Gasteiger partial charge on any atom is 0.224 e. The number of piperidine rings is 1. The van der Waals surface area contributed by atoms with Gasteiger partial charge in [0.25, 0.3) is 0 Å². The van der Waals surface area contributed by atoms with Crippen LogP contribution >= 0.6 is 0 Å². The summed E-state index contributed by atoms with van der Waals surface area (Å²) in [5.41, 5.74) is 0.936. The highest BCUT2D eigenvalue weighted by Gasteiger charge is 2.21. The number of carbonyl (C=O) groups is 1. The monoisotopic (exact) mass is 276 g/mol. The first kappa shape index (κ1) is 14.9. The Morgan fingerprint density at radius 1 is 1.45 bits per heavy atom. The molecule has 4 nitrogen and oxygen atoms in total. The number of para-hydroxylation sites is 1. The molecule has 4 heteroatoms. The number of hydrogen-bond donors (Lipinski definition) is 2. The quantitative estimate of drug-likeness (QED) is 0.859. The van der Waals surface area contributed by atoms with Crippen LogP contribution in [0.25, 0.3) is 0 Å². The summed E-state index contributed by atoms with van der Waals surface area (Å²) >= 11 is 0. The van der Waals surface area contributed by atoms with Crippen molar-refractivity contribution in [1.82, 2.24) is 10.6 Å². The maximum atomic E-state index is 12.0. The van der Waals surface area contributed by atoms with Gasteiger partial charge in [0.1, 0.15) is 5.75 Å². The van der Waals surface area contributed by atoms with E-state index in [0.717, 1.165) is 37.4 Å². The predicted octanol–water partition coefficient (Wildman–Crippen LogP) is 1.60. The van der Waals surface area contributed by atoms with E-state index in [1.54, 1.807) is 7.11 Å². The van der Waals surface area contributed by atoms with Crippen LogP contribution in [0, 0.1) is 11.8 Å². The van der Waals surface area contributed by atoms with Gasteiger partial charge in [0, 0.05) is 12.1 Å². The van der Waals surface area contributed by atoms with Crippen LogP contribution in [0.2, 0.25) is 0 Å². The van der Waals surface area contributed by atoms with Crippen LogP contribution in [0.1, 0.15) is 18.9 Å². The molecule has 2 atom stereocenters. The zero-order valence-electron chi connectivity index (χ0n) is 12.3. The first-order valence-corrected chi connectivity index (χ1v) is 7.30. The van der Waals surface area contributed by atoms with Crippen LogP contribution in [-0.2, 0) is 11.2 Å².